The van der Waals surface area contributed by atoms with Crippen LogP contribution >= 0.6 is 11.3 Å². The van der Waals surface area contributed by atoms with E-state index in [0.29, 0.717) is 37.7 Å². The molecular formula is C33H33N3O6S. The predicted molar refractivity (Wildman–Crippen MR) is 164 cm³/mol. The first-order valence-corrected chi connectivity index (χ1v) is 15.0. The van der Waals surface area contributed by atoms with Crippen LogP contribution < -0.4 is 29.1 Å². The lowest BCUT2D eigenvalue weighted by Gasteiger charge is -2.26. The molecule has 0 fully saturated rings. The van der Waals surface area contributed by atoms with Crippen molar-refractivity contribution in [3.8, 4) is 22.9 Å². The zero-order valence-corrected chi connectivity index (χ0v) is 25.8. The Morgan fingerprint density at radius 3 is 2.65 bits per heavy atom. The molecule has 0 N–H and O–H groups in total. The first-order valence-electron chi connectivity index (χ1n) is 14.2. The van der Waals surface area contributed by atoms with Gasteiger partial charge in [0.1, 0.15) is 11.8 Å². The minimum atomic E-state index is -0.756. The van der Waals surface area contributed by atoms with Gasteiger partial charge in [0.2, 0.25) is 6.79 Å². The number of carbonyl (C=O) groups is 1. The van der Waals surface area contributed by atoms with Gasteiger partial charge in [0.15, 0.2) is 16.3 Å². The molecule has 0 radical (unpaired) electrons. The van der Waals surface area contributed by atoms with Crippen LogP contribution in [0.25, 0.3) is 11.8 Å². The van der Waals surface area contributed by atoms with Gasteiger partial charge in [0.05, 0.1) is 28.5 Å². The molecule has 2 aliphatic rings. The summed E-state index contributed by atoms with van der Waals surface area (Å²) < 4.78 is 26.9. The van der Waals surface area contributed by atoms with Crippen molar-refractivity contribution in [2.45, 2.75) is 53.7 Å². The second-order valence-electron chi connectivity index (χ2n) is 10.7. The van der Waals surface area contributed by atoms with E-state index in [0.717, 1.165) is 28.4 Å². The molecular weight excluding hydrogens is 566 g/mol. The quantitative estimate of drug-likeness (QED) is 0.286. The molecule has 10 heteroatoms. The average Bonchev–Trinajstić information content (AvgIpc) is 3.63. The third-order valence-electron chi connectivity index (χ3n) is 7.46. The summed E-state index contributed by atoms with van der Waals surface area (Å²) in [6.07, 6.45) is 1.79. The summed E-state index contributed by atoms with van der Waals surface area (Å²) in [4.78, 5) is 32.7. The lowest BCUT2D eigenvalue weighted by atomic mass is 9.95. The Hall–Kier alpha value is -4.57. The summed E-state index contributed by atoms with van der Waals surface area (Å²) in [6.45, 7) is 11.9. The van der Waals surface area contributed by atoms with Crippen LogP contribution in [0.15, 0.2) is 69.6 Å². The Bertz CT molecular complexity index is 1960. The molecule has 0 bridgehead atoms. The van der Waals surface area contributed by atoms with Crippen LogP contribution in [0, 0.1) is 13.8 Å². The van der Waals surface area contributed by atoms with Crippen molar-refractivity contribution in [3.63, 3.8) is 0 Å². The third-order valence-corrected chi connectivity index (χ3v) is 8.45. The van der Waals surface area contributed by atoms with Crippen LogP contribution in [0.5, 0.6) is 17.2 Å². The number of allylic oxidation sites excluding steroid dienone is 1. The number of para-hydroxylation sites is 1. The molecule has 0 saturated heterocycles. The van der Waals surface area contributed by atoms with Crippen LogP contribution in [0.3, 0.4) is 0 Å². The van der Waals surface area contributed by atoms with Crippen molar-refractivity contribution < 1.29 is 23.7 Å². The van der Waals surface area contributed by atoms with Gasteiger partial charge in [0, 0.05) is 28.7 Å². The average molecular weight is 600 g/mol. The molecule has 2 aromatic heterocycles. The van der Waals surface area contributed by atoms with Crippen LogP contribution in [0.2, 0.25) is 0 Å². The maximum atomic E-state index is 14.2. The fourth-order valence-corrected chi connectivity index (χ4v) is 6.69. The first kappa shape index (κ1) is 28.5. The van der Waals surface area contributed by atoms with Crippen molar-refractivity contribution in [2.75, 3.05) is 13.4 Å². The van der Waals surface area contributed by atoms with Gasteiger partial charge in [-0.1, -0.05) is 29.5 Å². The molecule has 4 heterocycles. The van der Waals surface area contributed by atoms with Crippen molar-refractivity contribution >= 4 is 23.4 Å². The molecule has 43 heavy (non-hydrogen) atoms. The molecule has 9 nitrogen and oxygen atoms in total. The minimum Gasteiger partial charge on any atom is -0.491 e. The number of ether oxygens (including phenoxy) is 4. The number of benzene rings is 2. The van der Waals surface area contributed by atoms with E-state index < -0.39 is 12.0 Å². The van der Waals surface area contributed by atoms with E-state index in [2.05, 4.69) is 10.6 Å². The first-order chi connectivity index (χ1) is 20.7. The van der Waals surface area contributed by atoms with Gasteiger partial charge in [-0.2, -0.15) is 0 Å². The second-order valence-corrected chi connectivity index (χ2v) is 11.7. The number of hydrogen-bond donors (Lipinski definition) is 0. The standard InChI is InChI=1S/C33H33N3O6S/c1-7-39-32(38)29-20(5)34-33-36(30(29)24-10-8-9-11-25(24)42-18(2)3)31(37)28(43-33)15-22-14-19(4)35(21(22)6)23-12-13-26-27(16-23)41-17-40-26/h8-16,18,30H,7,17H2,1-6H3/b28-15+/t30-/m0/s1. The molecule has 0 aliphatic carbocycles. The molecule has 6 rings (SSSR count). The molecule has 222 valence electrons. The maximum Gasteiger partial charge on any atom is 0.338 e. The number of aryl methyl sites for hydroxylation is 1. The van der Waals surface area contributed by atoms with Gasteiger partial charge < -0.3 is 23.5 Å². The SMILES string of the molecule is CCOC(=O)C1=C(C)N=c2s/c(=C/c3cc(C)n(-c4ccc5c(c4)OCO5)c3C)c(=O)n2[C@H]1c1ccccc1OC(C)C. The van der Waals surface area contributed by atoms with Crippen molar-refractivity contribution in [2.24, 2.45) is 4.99 Å². The molecule has 1 atom stereocenters. The predicted octanol–water partition coefficient (Wildman–Crippen LogP) is 4.72. The number of aromatic nitrogens is 2. The molecule has 0 amide bonds. The summed E-state index contributed by atoms with van der Waals surface area (Å²) in [6, 6.07) is 14.6. The largest absolute Gasteiger partial charge is 0.491 e. The summed E-state index contributed by atoms with van der Waals surface area (Å²) in [5.74, 6) is 1.52. The van der Waals surface area contributed by atoms with Crippen LogP contribution in [-0.2, 0) is 9.53 Å². The fourth-order valence-electron chi connectivity index (χ4n) is 5.65. The van der Waals surface area contributed by atoms with E-state index in [1.807, 2.05) is 76.2 Å². The molecule has 0 saturated carbocycles. The lowest BCUT2D eigenvalue weighted by Crippen LogP contribution is -2.40. The Balaban J connectivity index is 1.51. The topological polar surface area (TPSA) is 93.3 Å². The summed E-state index contributed by atoms with van der Waals surface area (Å²) in [5, 5.41) is 0. The highest BCUT2D eigenvalue weighted by atomic mass is 32.1. The molecule has 4 aromatic rings. The smallest absolute Gasteiger partial charge is 0.338 e. The van der Waals surface area contributed by atoms with Gasteiger partial charge in [-0.25, -0.2) is 9.79 Å². The van der Waals surface area contributed by atoms with Gasteiger partial charge in [-0.05, 0) is 77.4 Å². The van der Waals surface area contributed by atoms with E-state index in [-0.39, 0.29) is 25.1 Å². The number of hydrogen-bond acceptors (Lipinski definition) is 8. The van der Waals surface area contributed by atoms with Crippen LogP contribution in [0.1, 0.15) is 56.3 Å². The van der Waals surface area contributed by atoms with Crippen LogP contribution in [-0.4, -0.2) is 34.6 Å². The molecule has 0 spiro atoms. The Morgan fingerprint density at radius 2 is 1.88 bits per heavy atom. The Kier molecular flexibility index (Phi) is 7.47. The highest BCUT2D eigenvalue weighted by Gasteiger charge is 2.35. The van der Waals surface area contributed by atoms with Gasteiger partial charge in [0.25, 0.3) is 5.56 Å². The van der Waals surface area contributed by atoms with Crippen molar-refractivity contribution in [3.05, 3.63) is 102 Å². The number of carbonyl (C=O) groups excluding carboxylic acids is 1. The molecule has 2 aromatic carbocycles. The molecule has 0 unspecified atom stereocenters. The van der Waals surface area contributed by atoms with Crippen molar-refractivity contribution in [1.82, 2.24) is 9.13 Å². The van der Waals surface area contributed by atoms with E-state index in [4.69, 9.17) is 23.9 Å². The van der Waals surface area contributed by atoms with Gasteiger partial charge in [-0.3, -0.25) is 9.36 Å². The second kappa shape index (κ2) is 11.3. The Labute approximate surface area is 252 Å². The summed E-state index contributed by atoms with van der Waals surface area (Å²) in [7, 11) is 0. The monoisotopic (exact) mass is 599 g/mol. The van der Waals surface area contributed by atoms with Crippen LogP contribution in [0.4, 0.5) is 0 Å². The molecule has 2 aliphatic heterocycles. The van der Waals surface area contributed by atoms with E-state index >= 15 is 0 Å². The zero-order chi connectivity index (χ0) is 30.4. The third kappa shape index (κ3) is 5.05. The summed E-state index contributed by atoms with van der Waals surface area (Å²) in [5.41, 5.74) is 5.11. The normalized spacial score (nSPS) is 16.0. The minimum absolute atomic E-state index is 0.104. The van der Waals surface area contributed by atoms with E-state index in [9.17, 15) is 9.59 Å². The Morgan fingerprint density at radius 1 is 1.12 bits per heavy atom. The zero-order valence-electron chi connectivity index (χ0n) is 25.0. The van der Waals surface area contributed by atoms with Gasteiger partial charge >= 0.3 is 5.97 Å². The number of thiazole rings is 1. The van der Waals surface area contributed by atoms with Crippen molar-refractivity contribution in [1.29, 1.82) is 0 Å². The number of rotatable bonds is 7. The van der Waals surface area contributed by atoms with E-state index in [1.165, 1.54) is 11.3 Å². The van der Waals surface area contributed by atoms with E-state index in [1.54, 1.807) is 18.4 Å². The number of esters is 1. The number of nitrogens with zero attached hydrogens (tertiary/aromatic N) is 3. The summed E-state index contributed by atoms with van der Waals surface area (Å²) >= 11 is 1.30. The highest BCUT2D eigenvalue weighted by molar-refractivity contribution is 7.07. The number of fused-ring (bicyclic) bond motifs is 2. The highest BCUT2D eigenvalue weighted by Crippen LogP contribution is 2.37. The lowest BCUT2D eigenvalue weighted by molar-refractivity contribution is -0.139. The fraction of sp³-hybridized carbons (Fsp3) is 0.303. The van der Waals surface area contributed by atoms with Gasteiger partial charge in [-0.15, -0.1) is 0 Å². The maximum absolute atomic E-state index is 14.2.